The average Bonchev–Trinajstić information content (AvgIpc) is 1.95. The highest BCUT2D eigenvalue weighted by Gasteiger charge is 2.42. The van der Waals surface area contributed by atoms with Gasteiger partial charge in [0.1, 0.15) is 6.07 Å². The Hall–Kier alpha value is -0.240. The molecule has 0 saturated carbocycles. The fraction of sp³-hybridized carbons (Fsp3) is 0.857. The minimum Gasteiger partial charge on any atom is -0.619 e. The fourth-order valence-electron chi connectivity index (χ4n) is 1.15. The Morgan fingerprint density at radius 1 is 1.73 bits per heavy atom. The molecule has 1 rings (SSSR count). The molecule has 4 heteroatoms. The lowest BCUT2D eigenvalue weighted by molar-refractivity contribution is -0.771. The van der Waals surface area contributed by atoms with Gasteiger partial charge in [-0.2, -0.15) is 5.26 Å². The summed E-state index contributed by atoms with van der Waals surface area (Å²) < 4.78 is -0.469. The van der Waals surface area contributed by atoms with Crippen molar-refractivity contribution in [3.63, 3.8) is 0 Å². The quantitative estimate of drug-likeness (QED) is 0.317. The number of hydroxylamine groups is 2. The minimum absolute atomic E-state index is 0.469. The summed E-state index contributed by atoms with van der Waals surface area (Å²) in [6.07, 6.45) is 1.70. The van der Waals surface area contributed by atoms with Gasteiger partial charge >= 0.3 is 0 Å². The zero-order chi connectivity index (χ0) is 8.54. The first-order valence-corrected chi connectivity index (χ1v) is 4.59. The lowest BCUT2D eigenvalue weighted by Crippen LogP contribution is -2.53. The molecule has 0 aromatic rings. The average molecular weight is 172 g/mol. The molecular weight excluding hydrogens is 160 g/mol. The van der Waals surface area contributed by atoms with Crippen molar-refractivity contribution in [1.29, 1.82) is 5.26 Å². The molecular formula is C7H12N2OS. The molecule has 0 aromatic carbocycles. The number of hydrogen-bond acceptors (Lipinski definition) is 3. The summed E-state index contributed by atoms with van der Waals surface area (Å²) in [4.78, 5) is 0. The van der Waals surface area contributed by atoms with Crippen LogP contribution < -0.4 is 0 Å². The third-order valence-corrected chi connectivity index (χ3v) is 3.65. The SMILES string of the molecule is C[C@@]1(C#N)CCCS[N@@+]1(C)[O-]. The predicted octanol–water partition coefficient (Wildman–Crippen LogP) is 1.66. The molecule has 0 aromatic heterocycles. The number of rotatable bonds is 0. The van der Waals surface area contributed by atoms with Crippen molar-refractivity contribution < 1.29 is 4.05 Å². The van der Waals surface area contributed by atoms with E-state index in [2.05, 4.69) is 6.07 Å². The Kier molecular flexibility index (Phi) is 2.15. The maximum atomic E-state index is 11.7. The van der Waals surface area contributed by atoms with Crippen molar-refractivity contribution >= 4 is 11.9 Å². The van der Waals surface area contributed by atoms with Crippen LogP contribution >= 0.6 is 11.9 Å². The predicted molar refractivity (Wildman–Crippen MR) is 45.3 cm³/mol. The van der Waals surface area contributed by atoms with Crippen LogP contribution in [0.25, 0.3) is 0 Å². The zero-order valence-corrected chi connectivity index (χ0v) is 7.65. The molecule has 1 heterocycles. The second-order valence-electron chi connectivity index (χ2n) is 3.17. The molecule has 62 valence electrons. The van der Waals surface area contributed by atoms with Gasteiger partial charge in [-0.15, -0.1) is 0 Å². The van der Waals surface area contributed by atoms with Gasteiger partial charge in [0.2, 0.25) is 0 Å². The summed E-state index contributed by atoms with van der Waals surface area (Å²) >= 11 is 1.31. The number of nitriles is 1. The summed E-state index contributed by atoms with van der Waals surface area (Å²) in [5.41, 5.74) is -0.733. The lowest BCUT2D eigenvalue weighted by Gasteiger charge is -2.49. The molecule has 3 nitrogen and oxygen atoms in total. The molecule has 1 aliphatic rings. The van der Waals surface area contributed by atoms with E-state index < -0.39 is 9.59 Å². The van der Waals surface area contributed by atoms with E-state index in [-0.39, 0.29) is 0 Å². The Labute approximate surface area is 71.3 Å². The van der Waals surface area contributed by atoms with E-state index in [9.17, 15) is 5.21 Å². The van der Waals surface area contributed by atoms with Crippen LogP contribution in [-0.2, 0) is 0 Å². The molecule has 1 fully saturated rings. The third-order valence-electron chi connectivity index (χ3n) is 2.28. The van der Waals surface area contributed by atoms with E-state index in [4.69, 9.17) is 5.26 Å². The van der Waals surface area contributed by atoms with E-state index in [1.165, 1.54) is 11.9 Å². The van der Waals surface area contributed by atoms with Gasteiger partial charge in [-0.1, -0.05) is 0 Å². The van der Waals surface area contributed by atoms with Gasteiger partial charge in [-0.25, -0.2) is 0 Å². The van der Waals surface area contributed by atoms with Crippen LogP contribution in [0.2, 0.25) is 0 Å². The molecule has 0 radical (unpaired) electrons. The second-order valence-corrected chi connectivity index (χ2v) is 4.53. The van der Waals surface area contributed by atoms with E-state index in [1.807, 2.05) is 0 Å². The van der Waals surface area contributed by atoms with Crippen LogP contribution in [0.4, 0.5) is 0 Å². The number of hydrogen-bond donors (Lipinski definition) is 0. The van der Waals surface area contributed by atoms with Crippen molar-refractivity contribution in [3.8, 4) is 6.07 Å². The monoisotopic (exact) mass is 172 g/mol. The first kappa shape index (κ1) is 8.85. The van der Waals surface area contributed by atoms with Crippen molar-refractivity contribution in [2.75, 3.05) is 12.8 Å². The van der Waals surface area contributed by atoms with Crippen LogP contribution in [0.5, 0.6) is 0 Å². The lowest BCUT2D eigenvalue weighted by atomic mass is 9.98. The van der Waals surface area contributed by atoms with Crippen molar-refractivity contribution in [2.24, 2.45) is 0 Å². The molecule has 11 heavy (non-hydrogen) atoms. The van der Waals surface area contributed by atoms with Crippen LogP contribution in [0.3, 0.4) is 0 Å². The molecule has 0 aliphatic carbocycles. The third kappa shape index (κ3) is 1.36. The van der Waals surface area contributed by atoms with Gasteiger partial charge < -0.3 is 5.21 Å². The van der Waals surface area contributed by atoms with E-state index in [0.29, 0.717) is 0 Å². The van der Waals surface area contributed by atoms with Gasteiger partial charge in [-0.05, 0) is 6.42 Å². The fourth-order valence-corrected chi connectivity index (χ4v) is 2.19. The van der Waals surface area contributed by atoms with Crippen molar-refractivity contribution in [2.45, 2.75) is 25.3 Å². The molecule has 0 unspecified atom stereocenters. The Morgan fingerprint density at radius 2 is 2.36 bits per heavy atom. The summed E-state index contributed by atoms with van der Waals surface area (Å²) in [6.45, 7) is 1.74. The highest BCUT2D eigenvalue weighted by atomic mass is 32.2. The first-order valence-electron chi connectivity index (χ1n) is 3.65. The van der Waals surface area contributed by atoms with E-state index >= 15 is 0 Å². The van der Waals surface area contributed by atoms with Gasteiger partial charge in [0.15, 0.2) is 5.54 Å². The Morgan fingerprint density at radius 3 is 2.73 bits per heavy atom. The standard InChI is InChI=1S/C7H12N2OS/c1-7(6-8)4-3-5-11-9(7,2)10/h3-5H2,1-2H3/t7-,9+/m0/s1. The maximum Gasteiger partial charge on any atom is 0.193 e. The minimum atomic E-state index is -0.733. The summed E-state index contributed by atoms with van der Waals surface area (Å²) in [7, 11) is 1.56. The smallest absolute Gasteiger partial charge is 0.193 e. The maximum absolute atomic E-state index is 11.7. The highest BCUT2D eigenvalue weighted by Crippen LogP contribution is 2.39. The molecule has 0 N–H and O–H groups in total. The number of nitrogens with zero attached hydrogens (tertiary/aromatic N) is 2. The van der Waals surface area contributed by atoms with Crippen LogP contribution in [0.1, 0.15) is 19.8 Å². The molecule has 0 amide bonds. The van der Waals surface area contributed by atoms with Crippen LogP contribution in [0, 0.1) is 16.5 Å². The Bertz CT molecular complexity index is 199. The topological polar surface area (TPSA) is 46.8 Å². The summed E-state index contributed by atoms with van der Waals surface area (Å²) in [5.74, 6) is 0.872. The summed E-state index contributed by atoms with van der Waals surface area (Å²) in [6, 6.07) is 2.11. The highest BCUT2D eigenvalue weighted by molar-refractivity contribution is 7.93. The van der Waals surface area contributed by atoms with E-state index in [1.54, 1.807) is 14.0 Å². The Balaban J connectivity index is 2.85. The van der Waals surface area contributed by atoms with Crippen molar-refractivity contribution in [1.82, 2.24) is 0 Å². The van der Waals surface area contributed by atoms with Gasteiger partial charge in [-0.3, -0.25) is 4.05 Å². The largest absolute Gasteiger partial charge is 0.619 e. The normalized spacial score (nSPS) is 44.9. The molecule has 1 aliphatic heterocycles. The molecule has 2 atom stereocenters. The zero-order valence-electron chi connectivity index (χ0n) is 6.83. The van der Waals surface area contributed by atoms with E-state index in [0.717, 1.165) is 18.6 Å². The molecule has 0 bridgehead atoms. The van der Waals surface area contributed by atoms with Gasteiger partial charge in [0, 0.05) is 19.1 Å². The molecule has 0 spiro atoms. The number of quaternary nitrogens is 1. The van der Waals surface area contributed by atoms with Crippen LogP contribution in [0.15, 0.2) is 0 Å². The summed E-state index contributed by atoms with van der Waals surface area (Å²) in [5, 5.41) is 20.5. The molecule has 1 saturated heterocycles. The van der Waals surface area contributed by atoms with Crippen molar-refractivity contribution in [3.05, 3.63) is 5.21 Å². The first-order chi connectivity index (χ1) is 5.02. The second kappa shape index (κ2) is 2.67. The van der Waals surface area contributed by atoms with Gasteiger partial charge in [0.25, 0.3) is 0 Å². The van der Waals surface area contributed by atoms with Gasteiger partial charge in [0.05, 0.1) is 19.0 Å². The van der Waals surface area contributed by atoms with Crippen LogP contribution in [-0.4, -0.2) is 22.4 Å².